The molecule has 0 amide bonds. The maximum absolute atomic E-state index is 11.4. The number of nitrogens with two attached hydrogens (primary N) is 1. The van der Waals surface area contributed by atoms with Crippen molar-refractivity contribution < 1.29 is 9.53 Å². The van der Waals surface area contributed by atoms with E-state index in [2.05, 4.69) is 0 Å². The Bertz CT molecular complexity index is 195. The highest BCUT2D eigenvalue weighted by Crippen LogP contribution is 2.32. The molecule has 2 fully saturated rings. The lowest BCUT2D eigenvalue weighted by molar-refractivity contribution is -0.150. The summed E-state index contributed by atoms with van der Waals surface area (Å²) < 4.78 is 5.31. The lowest BCUT2D eigenvalue weighted by Crippen LogP contribution is -2.36. The van der Waals surface area contributed by atoms with Gasteiger partial charge in [0.05, 0.1) is 0 Å². The van der Waals surface area contributed by atoms with Gasteiger partial charge in [-0.15, -0.1) is 0 Å². The van der Waals surface area contributed by atoms with Crippen LogP contribution < -0.4 is 5.73 Å². The van der Waals surface area contributed by atoms with Crippen molar-refractivity contribution in [1.29, 1.82) is 0 Å². The Morgan fingerprint density at radius 3 is 2.38 bits per heavy atom. The summed E-state index contributed by atoms with van der Waals surface area (Å²) in [6.07, 6.45) is 6.80. The smallest absolute Gasteiger partial charge is 0.323 e. The van der Waals surface area contributed by atoms with E-state index in [0.717, 1.165) is 25.7 Å². The highest BCUT2D eigenvalue weighted by Gasteiger charge is 2.35. The largest absolute Gasteiger partial charge is 0.461 e. The van der Waals surface area contributed by atoms with Gasteiger partial charge in [-0.3, -0.25) is 4.79 Å². The molecule has 3 heteroatoms. The van der Waals surface area contributed by atoms with E-state index >= 15 is 0 Å². The van der Waals surface area contributed by atoms with E-state index < -0.39 is 0 Å². The number of carbonyl (C=O) groups is 1. The van der Waals surface area contributed by atoms with Gasteiger partial charge in [-0.25, -0.2) is 0 Å². The molecular weight excluding hydrogens is 166 g/mol. The Hall–Kier alpha value is -0.570. The Labute approximate surface area is 78.6 Å². The summed E-state index contributed by atoms with van der Waals surface area (Å²) in [6, 6.07) is -0.347. The zero-order valence-corrected chi connectivity index (χ0v) is 7.87. The molecule has 74 valence electrons. The van der Waals surface area contributed by atoms with Crippen molar-refractivity contribution in [2.45, 2.75) is 50.7 Å². The van der Waals surface area contributed by atoms with Crippen LogP contribution in [-0.4, -0.2) is 18.1 Å². The Kier molecular flexibility index (Phi) is 2.54. The highest BCUT2D eigenvalue weighted by molar-refractivity contribution is 5.76. The fourth-order valence-corrected chi connectivity index (χ4v) is 1.90. The van der Waals surface area contributed by atoms with Crippen molar-refractivity contribution in [3.8, 4) is 0 Å². The fraction of sp³-hybridized carbons (Fsp3) is 0.900. The Balaban J connectivity index is 1.76. The van der Waals surface area contributed by atoms with Crippen molar-refractivity contribution in [1.82, 2.24) is 0 Å². The van der Waals surface area contributed by atoms with Crippen molar-refractivity contribution >= 4 is 5.97 Å². The SMILES string of the molecule is NC(C(=O)OC1CCCC1)C1CC1. The van der Waals surface area contributed by atoms with Crippen LogP contribution in [0.3, 0.4) is 0 Å². The van der Waals surface area contributed by atoms with E-state index in [1.165, 1.54) is 12.8 Å². The average molecular weight is 183 g/mol. The van der Waals surface area contributed by atoms with Gasteiger partial charge in [0.25, 0.3) is 0 Å². The zero-order chi connectivity index (χ0) is 9.26. The molecule has 2 saturated carbocycles. The molecule has 13 heavy (non-hydrogen) atoms. The standard InChI is InChI=1S/C10H17NO2/c11-9(7-5-6-7)10(12)13-8-3-1-2-4-8/h7-9H,1-6,11H2. The van der Waals surface area contributed by atoms with Gasteiger partial charge in [0, 0.05) is 0 Å². The molecule has 2 N–H and O–H groups in total. The predicted molar refractivity (Wildman–Crippen MR) is 49.0 cm³/mol. The molecule has 2 aliphatic rings. The lowest BCUT2D eigenvalue weighted by Gasteiger charge is -2.14. The average Bonchev–Trinajstić information content (AvgIpc) is 2.85. The minimum atomic E-state index is -0.347. The van der Waals surface area contributed by atoms with Crippen molar-refractivity contribution in [3.63, 3.8) is 0 Å². The maximum Gasteiger partial charge on any atom is 0.323 e. The first-order valence-electron chi connectivity index (χ1n) is 5.23. The van der Waals surface area contributed by atoms with Crippen LogP contribution in [0.15, 0.2) is 0 Å². The summed E-state index contributed by atoms with van der Waals surface area (Å²) in [4.78, 5) is 11.4. The number of ether oxygens (including phenoxy) is 1. The summed E-state index contributed by atoms with van der Waals surface area (Å²) in [5.41, 5.74) is 5.73. The number of carbonyl (C=O) groups excluding carboxylic acids is 1. The molecular formula is C10H17NO2. The van der Waals surface area contributed by atoms with E-state index in [1.54, 1.807) is 0 Å². The molecule has 2 rings (SSSR count). The topological polar surface area (TPSA) is 52.3 Å². The van der Waals surface area contributed by atoms with Crippen LogP contribution in [0.4, 0.5) is 0 Å². The normalized spacial score (nSPS) is 25.9. The molecule has 0 radical (unpaired) electrons. The molecule has 0 aliphatic heterocycles. The molecule has 0 bridgehead atoms. The van der Waals surface area contributed by atoms with E-state index in [9.17, 15) is 4.79 Å². The first kappa shape index (κ1) is 9.00. The number of hydrogen-bond acceptors (Lipinski definition) is 3. The third-order valence-corrected chi connectivity index (χ3v) is 2.99. The predicted octanol–water partition coefficient (Wildman–Crippen LogP) is 1.21. The van der Waals surface area contributed by atoms with Gasteiger partial charge in [-0.1, -0.05) is 0 Å². The first-order chi connectivity index (χ1) is 6.27. The fourth-order valence-electron chi connectivity index (χ4n) is 1.90. The minimum Gasteiger partial charge on any atom is -0.461 e. The van der Waals surface area contributed by atoms with Crippen molar-refractivity contribution in [3.05, 3.63) is 0 Å². The molecule has 1 unspecified atom stereocenters. The highest BCUT2D eigenvalue weighted by atomic mass is 16.5. The molecule has 0 aromatic heterocycles. The second-order valence-corrected chi connectivity index (χ2v) is 4.21. The van der Waals surface area contributed by atoms with Crippen molar-refractivity contribution in [2.24, 2.45) is 11.7 Å². The summed E-state index contributed by atoms with van der Waals surface area (Å²) >= 11 is 0. The molecule has 0 aromatic rings. The molecule has 1 atom stereocenters. The van der Waals surface area contributed by atoms with E-state index in [0.29, 0.717) is 5.92 Å². The van der Waals surface area contributed by atoms with Gasteiger partial charge in [-0.2, -0.15) is 0 Å². The summed E-state index contributed by atoms with van der Waals surface area (Å²) in [5.74, 6) is 0.239. The maximum atomic E-state index is 11.4. The molecule has 2 aliphatic carbocycles. The van der Waals surface area contributed by atoms with Crippen LogP contribution in [0.25, 0.3) is 0 Å². The van der Waals surface area contributed by atoms with Gasteiger partial charge in [-0.05, 0) is 44.4 Å². The third kappa shape index (κ3) is 2.21. The van der Waals surface area contributed by atoms with Gasteiger partial charge >= 0.3 is 5.97 Å². The van der Waals surface area contributed by atoms with Crippen LogP contribution in [0.1, 0.15) is 38.5 Å². The van der Waals surface area contributed by atoms with Crippen molar-refractivity contribution in [2.75, 3.05) is 0 Å². The monoisotopic (exact) mass is 183 g/mol. The number of rotatable bonds is 3. The lowest BCUT2D eigenvalue weighted by atomic mass is 10.2. The first-order valence-corrected chi connectivity index (χ1v) is 5.23. The van der Waals surface area contributed by atoms with E-state index in [1.807, 2.05) is 0 Å². The second-order valence-electron chi connectivity index (χ2n) is 4.21. The van der Waals surface area contributed by atoms with E-state index in [4.69, 9.17) is 10.5 Å². The summed E-state index contributed by atoms with van der Waals surface area (Å²) in [7, 11) is 0. The Morgan fingerprint density at radius 1 is 1.23 bits per heavy atom. The van der Waals surface area contributed by atoms with Gasteiger partial charge in [0.15, 0.2) is 0 Å². The van der Waals surface area contributed by atoms with Crippen LogP contribution in [0.2, 0.25) is 0 Å². The van der Waals surface area contributed by atoms with E-state index in [-0.39, 0.29) is 18.1 Å². The molecule has 0 spiro atoms. The molecule has 0 heterocycles. The quantitative estimate of drug-likeness (QED) is 0.669. The van der Waals surface area contributed by atoms with Gasteiger partial charge in [0.1, 0.15) is 12.1 Å². The van der Waals surface area contributed by atoms with Crippen LogP contribution in [-0.2, 0) is 9.53 Å². The molecule has 0 aromatic carbocycles. The zero-order valence-electron chi connectivity index (χ0n) is 7.87. The number of esters is 1. The number of hydrogen-bond donors (Lipinski definition) is 1. The minimum absolute atomic E-state index is 0.164. The summed E-state index contributed by atoms with van der Waals surface area (Å²) in [6.45, 7) is 0. The second kappa shape index (κ2) is 3.66. The van der Waals surface area contributed by atoms with Crippen LogP contribution in [0.5, 0.6) is 0 Å². The molecule has 0 saturated heterocycles. The van der Waals surface area contributed by atoms with Crippen LogP contribution >= 0.6 is 0 Å². The summed E-state index contributed by atoms with van der Waals surface area (Å²) in [5, 5.41) is 0. The van der Waals surface area contributed by atoms with Gasteiger partial charge < -0.3 is 10.5 Å². The van der Waals surface area contributed by atoms with Gasteiger partial charge in [0.2, 0.25) is 0 Å². The third-order valence-electron chi connectivity index (χ3n) is 2.99. The van der Waals surface area contributed by atoms with Crippen LogP contribution in [0, 0.1) is 5.92 Å². The molecule has 3 nitrogen and oxygen atoms in total. The Morgan fingerprint density at radius 2 is 1.85 bits per heavy atom.